The van der Waals surface area contributed by atoms with Gasteiger partial charge in [0.15, 0.2) is 0 Å². The summed E-state index contributed by atoms with van der Waals surface area (Å²) in [5.74, 6) is 1.81. The molecule has 1 aliphatic heterocycles. The topological polar surface area (TPSA) is 41.9 Å². The molecule has 0 bridgehead atoms. The average molecular weight is 276 g/mol. The quantitative estimate of drug-likeness (QED) is 0.683. The highest BCUT2D eigenvalue weighted by atomic mass is 15.2. The fraction of sp³-hybridized carbons (Fsp3) is 0.235. The van der Waals surface area contributed by atoms with Crippen molar-refractivity contribution in [2.24, 2.45) is 0 Å². The van der Waals surface area contributed by atoms with Crippen LogP contribution < -0.4 is 4.90 Å². The Morgan fingerprint density at radius 3 is 2.95 bits per heavy atom. The van der Waals surface area contributed by atoms with Crippen molar-refractivity contribution in [2.75, 3.05) is 11.4 Å². The third-order valence-electron chi connectivity index (χ3n) is 3.95. The van der Waals surface area contributed by atoms with E-state index in [1.807, 2.05) is 37.5 Å². The number of hydrogen-bond donors (Lipinski definition) is 0. The van der Waals surface area contributed by atoms with E-state index in [2.05, 4.69) is 27.0 Å². The molecule has 0 saturated heterocycles. The maximum absolute atomic E-state index is 4.72. The number of rotatable bonds is 1. The second-order valence-electron chi connectivity index (χ2n) is 5.37. The van der Waals surface area contributed by atoms with Gasteiger partial charge in [0.1, 0.15) is 11.6 Å². The number of pyridine rings is 1. The van der Waals surface area contributed by atoms with Crippen molar-refractivity contribution < 1.29 is 0 Å². The molecule has 0 amide bonds. The first-order chi connectivity index (χ1) is 10.3. The number of hydrogen-bond acceptors (Lipinski definition) is 4. The summed E-state index contributed by atoms with van der Waals surface area (Å²) in [5, 5.41) is 1.10. The van der Waals surface area contributed by atoms with Crippen LogP contribution in [0.25, 0.3) is 10.9 Å². The summed E-state index contributed by atoms with van der Waals surface area (Å²) in [5.41, 5.74) is 3.52. The van der Waals surface area contributed by atoms with Crippen LogP contribution in [-0.2, 0) is 6.42 Å². The van der Waals surface area contributed by atoms with E-state index in [0.717, 1.165) is 41.9 Å². The zero-order valence-electron chi connectivity index (χ0n) is 12.0. The summed E-state index contributed by atoms with van der Waals surface area (Å²) in [6.07, 6.45) is 6.03. The predicted octanol–water partition coefficient (Wildman–Crippen LogP) is 3.42. The van der Waals surface area contributed by atoms with Crippen LogP contribution in [0.1, 0.15) is 17.8 Å². The Kier molecular flexibility index (Phi) is 2.81. The molecule has 1 aliphatic rings. The zero-order chi connectivity index (χ0) is 14.2. The number of nitrogens with zero attached hydrogens (tertiary/aromatic N) is 4. The number of aromatic nitrogens is 3. The van der Waals surface area contributed by atoms with Crippen LogP contribution in [0.15, 0.2) is 42.7 Å². The molecule has 21 heavy (non-hydrogen) atoms. The maximum atomic E-state index is 4.72. The van der Waals surface area contributed by atoms with Crippen molar-refractivity contribution in [2.45, 2.75) is 19.8 Å². The molecule has 0 radical (unpaired) electrons. The lowest BCUT2D eigenvalue weighted by Gasteiger charge is -2.30. The van der Waals surface area contributed by atoms with Gasteiger partial charge in [-0.15, -0.1) is 0 Å². The smallest absolute Gasteiger partial charge is 0.144 e. The fourth-order valence-electron chi connectivity index (χ4n) is 3.02. The maximum Gasteiger partial charge on any atom is 0.144 e. The molecule has 104 valence electrons. The number of anilines is 2. The first-order valence-corrected chi connectivity index (χ1v) is 7.27. The van der Waals surface area contributed by atoms with Crippen molar-refractivity contribution in [3.63, 3.8) is 0 Å². The van der Waals surface area contributed by atoms with Gasteiger partial charge < -0.3 is 4.90 Å². The van der Waals surface area contributed by atoms with Crippen LogP contribution in [0.4, 0.5) is 11.5 Å². The Labute approximate surface area is 123 Å². The van der Waals surface area contributed by atoms with Crippen LogP contribution in [0.3, 0.4) is 0 Å². The number of aryl methyl sites for hydroxylation is 2. The zero-order valence-corrected chi connectivity index (χ0v) is 12.0. The SMILES string of the molecule is Cc1nc(N2CCCc3cnccc32)c2ccccc2n1. The minimum Gasteiger partial charge on any atom is -0.325 e. The van der Waals surface area contributed by atoms with Gasteiger partial charge in [0.25, 0.3) is 0 Å². The molecule has 0 spiro atoms. The van der Waals surface area contributed by atoms with Gasteiger partial charge in [0.05, 0.1) is 5.52 Å². The van der Waals surface area contributed by atoms with Gasteiger partial charge in [-0.1, -0.05) is 12.1 Å². The highest BCUT2D eigenvalue weighted by molar-refractivity contribution is 5.92. The molecule has 0 atom stereocenters. The van der Waals surface area contributed by atoms with Gasteiger partial charge in [0.2, 0.25) is 0 Å². The van der Waals surface area contributed by atoms with Gasteiger partial charge in [-0.25, -0.2) is 9.97 Å². The highest BCUT2D eigenvalue weighted by Gasteiger charge is 2.21. The number of fused-ring (bicyclic) bond motifs is 2. The molecule has 2 aromatic heterocycles. The van der Waals surface area contributed by atoms with Gasteiger partial charge >= 0.3 is 0 Å². The van der Waals surface area contributed by atoms with Crippen LogP contribution in [-0.4, -0.2) is 21.5 Å². The summed E-state index contributed by atoms with van der Waals surface area (Å²) >= 11 is 0. The molecule has 0 unspecified atom stereocenters. The van der Waals surface area contributed by atoms with Crippen molar-refractivity contribution in [1.82, 2.24) is 15.0 Å². The third kappa shape index (κ3) is 2.03. The van der Waals surface area contributed by atoms with E-state index in [9.17, 15) is 0 Å². The Morgan fingerprint density at radius 1 is 1.10 bits per heavy atom. The van der Waals surface area contributed by atoms with Gasteiger partial charge in [-0.05, 0) is 43.5 Å². The van der Waals surface area contributed by atoms with E-state index in [0.29, 0.717) is 0 Å². The summed E-state index contributed by atoms with van der Waals surface area (Å²) in [4.78, 5) is 15.8. The van der Waals surface area contributed by atoms with Crippen molar-refractivity contribution in [3.8, 4) is 0 Å². The molecular weight excluding hydrogens is 260 g/mol. The Balaban J connectivity index is 1.96. The number of para-hydroxylation sites is 1. The van der Waals surface area contributed by atoms with E-state index in [-0.39, 0.29) is 0 Å². The third-order valence-corrected chi connectivity index (χ3v) is 3.95. The van der Waals surface area contributed by atoms with Gasteiger partial charge in [0, 0.05) is 30.0 Å². The Hall–Kier alpha value is -2.49. The van der Waals surface area contributed by atoms with Gasteiger partial charge in [-0.2, -0.15) is 0 Å². The molecule has 4 nitrogen and oxygen atoms in total. The van der Waals surface area contributed by atoms with Crippen LogP contribution in [0, 0.1) is 6.92 Å². The van der Waals surface area contributed by atoms with Crippen molar-refractivity contribution >= 4 is 22.4 Å². The van der Waals surface area contributed by atoms with Crippen LogP contribution >= 0.6 is 0 Å². The van der Waals surface area contributed by atoms with Crippen molar-refractivity contribution in [1.29, 1.82) is 0 Å². The molecule has 0 fully saturated rings. The summed E-state index contributed by atoms with van der Waals surface area (Å²) < 4.78 is 0. The second-order valence-corrected chi connectivity index (χ2v) is 5.37. The normalized spacial score (nSPS) is 14.2. The van der Waals surface area contributed by atoms with E-state index in [1.165, 1.54) is 11.3 Å². The van der Waals surface area contributed by atoms with E-state index in [4.69, 9.17) is 4.98 Å². The van der Waals surface area contributed by atoms with E-state index in [1.54, 1.807) is 0 Å². The molecule has 4 rings (SSSR count). The molecule has 0 N–H and O–H groups in total. The molecule has 0 aliphatic carbocycles. The molecular formula is C17H16N4. The Morgan fingerprint density at radius 2 is 2.00 bits per heavy atom. The lowest BCUT2D eigenvalue weighted by Crippen LogP contribution is -2.26. The monoisotopic (exact) mass is 276 g/mol. The summed E-state index contributed by atoms with van der Waals surface area (Å²) in [6.45, 7) is 2.94. The largest absolute Gasteiger partial charge is 0.325 e. The molecule has 3 heterocycles. The van der Waals surface area contributed by atoms with Crippen LogP contribution in [0.5, 0.6) is 0 Å². The number of benzene rings is 1. The van der Waals surface area contributed by atoms with Gasteiger partial charge in [-0.3, -0.25) is 4.98 Å². The Bertz CT molecular complexity index is 813. The fourth-order valence-corrected chi connectivity index (χ4v) is 3.02. The first-order valence-electron chi connectivity index (χ1n) is 7.27. The molecule has 4 heteroatoms. The molecule has 0 saturated carbocycles. The van der Waals surface area contributed by atoms with Crippen molar-refractivity contribution in [3.05, 3.63) is 54.1 Å². The average Bonchev–Trinajstić information content (AvgIpc) is 2.53. The lowest BCUT2D eigenvalue weighted by atomic mass is 10.0. The highest BCUT2D eigenvalue weighted by Crippen LogP contribution is 2.35. The minimum atomic E-state index is 0.810. The minimum absolute atomic E-state index is 0.810. The standard InChI is InChI=1S/C17H16N4/c1-12-19-15-7-3-2-6-14(15)17(20-12)21-10-4-5-13-11-18-9-8-16(13)21/h2-3,6-9,11H,4-5,10H2,1H3. The lowest BCUT2D eigenvalue weighted by molar-refractivity contribution is 0.755. The van der Waals surface area contributed by atoms with E-state index >= 15 is 0 Å². The predicted molar refractivity (Wildman–Crippen MR) is 83.8 cm³/mol. The second kappa shape index (κ2) is 4.81. The summed E-state index contributed by atoms with van der Waals surface area (Å²) in [7, 11) is 0. The van der Waals surface area contributed by atoms with E-state index < -0.39 is 0 Å². The summed E-state index contributed by atoms with van der Waals surface area (Å²) in [6, 6.07) is 10.3. The molecule has 1 aromatic carbocycles. The molecule has 3 aromatic rings. The van der Waals surface area contributed by atoms with Crippen LogP contribution in [0.2, 0.25) is 0 Å². The first kappa shape index (κ1) is 12.3.